The van der Waals surface area contributed by atoms with Gasteiger partial charge >= 0.3 is 0 Å². The van der Waals surface area contributed by atoms with Gasteiger partial charge in [-0.3, -0.25) is 0 Å². The monoisotopic (exact) mass is 227 g/mol. The highest BCUT2D eigenvalue weighted by molar-refractivity contribution is 6.14. The van der Waals surface area contributed by atoms with Gasteiger partial charge in [0.25, 0.3) is 0 Å². The maximum absolute atomic E-state index is 9.04. The standard InChI is InChI=1S/C14H13NO2/c1-17-11-5-6-12-10(8-11)3-2-9-4-7-13(15-16)14(9)12/h2-3,5-6,8,16H,4,7H2,1H3/b15-13+. The SMILES string of the molecule is COc1ccc2c3c(ccc2c1)CC/C3=N\O. The van der Waals surface area contributed by atoms with Crippen LogP contribution in [0.1, 0.15) is 17.5 Å². The van der Waals surface area contributed by atoms with E-state index in [0.717, 1.165) is 40.6 Å². The van der Waals surface area contributed by atoms with Crippen molar-refractivity contribution in [1.29, 1.82) is 0 Å². The zero-order valence-corrected chi connectivity index (χ0v) is 9.60. The molecule has 0 heterocycles. The topological polar surface area (TPSA) is 41.8 Å². The first-order valence-electron chi connectivity index (χ1n) is 5.64. The third-order valence-electron chi connectivity index (χ3n) is 3.35. The van der Waals surface area contributed by atoms with Crippen LogP contribution in [0.15, 0.2) is 35.5 Å². The average Bonchev–Trinajstić information content (AvgIpc) is 2.81. The van der Waals surface area contributed by atoms with Gasteiger partial charge in [-0.15, -0.1) is 0 Å². The molecule has 0 atom stereocenters. The van der Waals surface area contributed by atoms with Gasteiger partial charge in [0.05, 0.1) is 12.8 Å². The summed E-state index contributed by atoms with van der Waals surface area (Å²) in [6, 6.07) is 10.2. The van der Waals surface area contributed by atoms with Crippen LogP contribution in [0.3, 0.4) is 0 Å². The lowest BCUT2D eigenvalue weighted by atomic mass is 10.00. The summed E-state index contributed by atoms with van der Waals surface area (Å²) < 4.78 is 5.22. The Bertz CT molecular complexity index is 617. The second-order valence-corrected chi connectivity index (χ2v) is 4.23. The molecule has 0 bridgehead atoms. The average molecular weight is 227 g/mol. The van der Waals surface area contributed by atoms with E-state index in [0.29, 0.717) is 0 Å². The predicted molar refractivity (Wildman–Crippen MR) is 67.1 cm³/mol. The number of fused-ring (bicyclic) bond motifs is 3. The summed E-state index contributed by atoms with van der Waals surface area (Å²) in [5.74, 6) is 0.845. The van der Waals surface area contributed by atoms with Gasteiger partial charge in [-0.1, -0.05) is 23.4 Å². The molecule has 0 amide bonds. The van der Waals surface area contributed by atoms with Crippen LogP contribution in [0.25, 0.3) is 10.8 Å². The number of methoxy groups -OCH3 is 1. The second kappa shape index (κ2) is 3.77. The first kappa shape index (κ1) is 10.1. The maximum Gasteiger partial charge on any atom is 0.119 e. The summed E-state index contributed by atoms with van der Waals surface area (Å²) in [5, 5.41) is 14.7. The fourth-order valence-electron chi connectivity index (χ4n) is 2.51. The molecular formula is C14H13NO2. The second-order valence-electron chi connectivity index (χ2n) is 4.23. The smallest absolute Gasteiger partial charge is 0.119 e. The molecule has 0 unspecified atom stereocenters. The van der Waals surface area contributed by atoms with Gasteiger partial charge in [0.2, 0.25) is 0 Å². The third-order valence-corrected chi connectivity index (χ3v) is 3.35. The minimum Gasteiger partial charge on any atom is -0.497 e. The van der Waals surface area contributed by atoms with Crippen molar-refractivity contribution >= 4 is 16.5 Å². The van der Waals surface area contributed by atoms with Crippen LogP contribution in [0.4, 0.5) is 0 Å². The number of rotatable bonds is 1. The van der Waals surface area contributed by atoms with Crippen LogP contribution in [0, 0.1) is 0 Å². The lowest BCUT2D eigenvalue weighted by molar-refractivity contribution is 0.318. The minimum absolute atomic E-state index is 0.788. The molecule has 2 aromatic carbocycles. The van der Waals surface area contributed by atoms with Crippen molar-refractivity contribution in [3.63, 3.8) is 0 Å². The van der Waals surface area contributed by atoms with Crippen LogP contribution in [0.5, 0.6) is 5.75 Å². The lowest BCUT2D eigenvalue weighted by Gasteiger charge is -2.07. The summed E-state index contributed by atoms with van der Waals surface area (Å²) in [7, 11) is 1.66. The lowest BCUT2D eigenvalue weighted by Crippen LogP contribution is -1.95. The summed E-state index contributed by atoms with van der Waals surface area (Å²) >= 11 is 0. The molecule has 1 aliphatic rings. The van der Waals surface area contributed by atoms with Gasteiger partial charge in [0.15, 0.2) is 0 Å². The number of hydrogen-bond donors (Lipinski definition) is 1. The van der Waals surface area contributed by atoms with Crippen molar-refractivity contribution in [3.8, 4) is 5.75 Å². The van der Waals surface area contributed by atoms with E-state index in [1.165, 1.54) is 5.56 Å². The molecule has 1 N–H and O–H groups in total. The Morgan fingerprint density at radius 1 is 1.18 bits per heavy atom. The Hall–Kier alpha value is -2.03. The van der Waals surface area contributed by atoms with Crippen LogP contribution in [-0.2, 0) is 6.42 Å². The molecule has 2 aromatic rings. The molecule has 1 aliphatic carbocycles. The van der Waals surface area contributed by atoms with Crippen molar-refractivity contribution in [3.05, 3.63) is 41.5 Å². The largest absolute Gasteiger partial charge is 0.497 e. The molecule has 0 fully saturated rings. The van der Waals surface area contributed by atoms with E-state index in [-0.39, 0.29) is 0 Å². The van der Waals surface area contributed by atoms with Gasteiger partial charge in [0, 0.05) is 5.56 Å². The first-order chi connectivity index (χ1) is 8.33. The first-order valence-corrected chi connectivity index (χ1v) is 5.64. The number of ether oxygens (including phenoxy) is 1. The Morgan fingerprint density at radius 3 is 2.82 bits per heavy atom. The molecule has 3 nitrogen and oxygen atoms in total. The minimum atomic E-state index is 0.788. The number of oxime groups is 1. The van der Waals surface area contributed by atoms with Crippen molar-refractivity contribution in [2.45, 2.75) is 12.8 Å². The summed E-state index contributed by atoms with van der Waals surface area (Å²) in [6.45, 7) is 0. The molecule has 0 aliphatic heterocycles. The Balaban J connectivity index is 2.32. The fraction of sp³-hybridized carbons (Fsp3) is 0.214. The molecule has 3 rings (SSSR count). The van der Waals surface area contributed by atoms with Crippen molar-refractivity contribution < 1.29 is 9.94 Å². The molecule has 0 radical (unpaired) electrons. The zero-order valence-electron chi connectivity index (χ0n) is 9.60. The van der Waals surface area contributed by atoms with E-state index in [4.69, 9.17) is 9.94 Å². The summed E-state index contributed by atoms with van der Waals surface area (Å²) in [6.07, 6.45) is 1.77. The quantitative estimate of drug-likeness (QED) is 0.601. The van der Waals surface area contributed by atoms with Crippen LogP contribution in [-0.4, -0.2) is 18.0 Å². The predicted octanol–water partition coefficient (Wildman–Crippen LogP) is 2.97. The van der Waals surface area contributed by atoms with Crippen LogP contribution < -0.4 is 4.74 Å². The maximum atomic E-state index is 9.04. The van der Waals surface area contributed by atoms with Crippen LogP contribution >= 0.6 is 0 Å². The summed E-state index contributed by atoms with van der Waals surface area (Å²) in [5.41, 5.74) is 3.14. The van der Waals surface area contributed by atoms with Crippen molar-refractivity contribution in [2.24, 2.45) is 5.16 Å². The Morgan fingerprint density at radius 2 is 2.06 bits per heavy atom. The van der Waals surface area contributed by atoms with Gasteiger partial charge in [-0.2, -0.15) is 0 Å². The Labute approximate surface area is 99.3 Å². The summed E-state index contributed by atoms with van der Waals surface area (Å²) in [4.78, 5) is 0. The number of hydrogen-bond acceptors (Lipinski definition) is 3. The fourth-order valence-corrected chi connectivity index (χ4v) is 2.51. The molecule has 0 spiro atoms. The molecule has 86 valence electrons. The molecular weight excluding hydrogens is 214 g/mol. The molecule has 3 heteroatoms. The van der Waals surface area contributed by atoms with Gasteiger partial charge in [0.1, 0.15) is 5.75 Å². The Kier molecular flexibility index (Phi) is 2.25. The highest BCUT2D eigenvalue weighted by Gasteiger charge is 2.20. The molecule has 17 heavy (non-hydrogen) atoms. The normalized spacial score (nSPS) is 16.4. The number of aryl methyl sites for hydroxylation is 1. The van der Waals surface area contributed by atoms with E-state index < -0.39 is 0 Å². The highest BCUT2D eigenvalue weighted by atomic mass is 16.5. The molecule has 0 saturated heterocycles. The molecule has 0 aromatic heterocycles. The van der Waals surface area contributed by atoms with Crippen molar-refractivity contribution in [2.75, 3.05) is 7.11 Å². The van der Waals surface area contributed by atoms with E-state index in [1.54, 1.807) is 7.11 Å². The van der Waals surface area contributed by atoms with E-state index in [9.17, 15) is 0 Å². The zero-order chi connectivity index (χ0) is 11.8. The van der Waals surface area contributed by atoms with E-state index >= 15 is 0 Å². The van der Waals surface area contributed by atoms with E-state index in [2.05, 4.69) is 17.3 Å². The van der Waals surface area contributed by atoms with Gasteiger partial charge in [-0.25, -0.2) is 0 Å². The van der Waals surface area contributed by atoms with Gasteiger partial charge < -0.3 is 9.94 Å². The van der Waals surface area contributed by atoms with E-state index in [1.807, 2.05) is 18.2 Å². The third kappa shape index (κ3) is 1.46. The van der Waals surface area contributed by atoms with Gasteiger partial charge in [-0.05, 0) is 41.3 Å². The van der Waals surface area contributed by atoms with Crippen molar-refractivity contribution in [1.82, 2.24) is 0 Å². The number of nitrogens with zero attached hydrogens (tertiary/aromatic N) is 1. The van der Waals surface area contributed by atoms with Crippen LogP contribution in [0.2, 0.25) is 0 Å². The highest BCUT2D eigenvalue weighted by Crippen LogP contribution is 2.32. The number of benzene rings is 2. The molecule has 0 saturated carbocycles.